The molecular weight excluding hydrogens is 493 g/mol. The Bertz CT molecular complexity index is 761. The van der Waals surface area contributed by atoms with Crippen molar-refractivity contribution < 1.29 is 0 Å². The average molecular weight is 528 g/mol. The van der Waals surface area contributed by atoms with Crippen LogP contribution in [0.25, 0.3) is 0 Å². The number of hydrogen-bond donors (Lipinski definition) is 2. The number of aromatic nitrogens is 1. The van der Waals surface area contributed by atoms with Crippen LogP contribution in [0.1, 0.15) is 51.2 Å². The van der Waals surface area contributed by atoms with Gasteiger partial charge < -0.3 is 15.5 Å². The highest BCUT2D eigenvalue weighted by atomic mass is 127. The van der Waals surface area contributed by atoms with Crippen molar-refractivity contribution in [3.8, 4) is 0 Å². The van der Waals surface area contributed by atoms with Crippen molar-refractivity contribution in [2.24, 2.45) is 4.99 Å². The molecule has 1 aliphatic rings. The van der Waals surface area contributed by atoms with Crippen molar-refractivity contribution in [1.29, 1.82) is 0 Å². The molecule has 29 heavy (non-hydrogen) atoms. The molecule has 1 fully saturated rings. The molecule has 0 amide bonds. The Morgan fingerprint density at radius 1 is 1.21 bits per heavy atom. The third-order valence-corrected chi connectivity index (χ3v) is 5.83. The molecule has 1 aliphatic heterocycles. The second-order valence-electron chi connectivity index (χ2n) is 8.31. The molecule has 0 aliphatic carbocycles. The van der Waals surface area contributed by atoms with Gasteiger partial charge in [-0.05, 0) is 31.9 Å². The zero-order valence-electron chi connectivity index (χ0n) is 17.9. The van der Waals surface area contributed by atoms with Crippen LogP contribution in [0.3, 0.4) is 0 Å². The van der Waals surface area contributed by atoms with E-state index in [-0.39, 0.29) is 29.4 Å². The van der Waals surface area contributed by atoms with Crippen molar-refractivity contribution >= 4 is 47.0 Å². The van der Waals surface area contributed by atoms with Crippen LogP contribution in [0.4, 0.5) is 5.69 Å². The van der Waals surface area contributed by atoms with Crippen molar-refractivity contribution in [2.75, 3.05) is 24.5 Å². The van der Waals surface area contributed by atoms with Gasteiger partial charge in [0.25, 0.3) is 0 Å². The monoisotopic (exact) mass is 527 g/mol. The van der Waals surface area contributed by atoms with E-state index in [2.05, 4.69) is 78.9 Å². The fourth-order valence-corrected chi connectivity index (χ4v) is 4.25. The van der Waals surface area contributed by atoms with Gasteiger partial charge in [-0.25, -0.2) is 9.98 Å². The van der Waals surface area contributed by atoms with E-state index in [9.17, 15) is 0 Å². The van der Waals surface area contributed by atoms with E-state index in [0.29, 0.717) is 12.6 Å². The van der Waals surface area contributed by atoms with Gasteiger partial charge in [-0.15, -0.1) is 35.3 Å². The lowest BCUT2D eigenvalue weighted by Crippen LogP contribution is -2.48. The lowest BCUT2D eigenvalue weighted by molar-refractivity contribution is 0.461. The van der Waals surface area contributed by atoms with E-state index in [1.54, 1.807) is 11.3 Å². The molecule has 2 aromatic rings. The van der Waals surface area contributed by atoms with Crippen LogP contribution in [0.5, 0.6) is 0 Å². The molecule has 0 spiro atoms. The summed E-state index contributed by atoms with van der Waals surface area (Å²) in [5, 5.41) is 10.2. The number of para-hydroxylation sites is 1. The number of anilines is 1. The van der Waals surface area contributed by atoms with E-state index in [1.807, 2.05) is 0 Å². The third kappa shape index (κ3) is 7.13. The minimum absolute atomic E-state index is 0. The van der Waals surface area contributed by atoms with Crippen molar-refractivity contribution in [1.82, 2.24) is 15.6 Å². The first-order valence-electron chi connectivity index (χ1n) is 10.3. The molecule has 0 radical (unpaired) electrons. The van der Waals surface area contributed by atoms with Gasteiger partial charge in [0.05, 0.1) is 12.2 Å². The van der Waals surface area contributed by atoms with Gasteiger partial charge in [-0.2, -0.15) is 0 Å². The van der Waals surface area contributed by atoms with Crippen LogP contribution in [0.15, 0.2) is 40.7 Å². The number of aliphatic imine (C=N–C) groups is 1. The topological polar surface area (TPSA) is 52.6 Å². The number of guanidine groups is 1. The van der Waals surface area contributed by atoms with Crippen molar-refractivity contribution in [3.05, 3.63) is 46.4 Å². The standard InChI is InChI=1S/C22H33N5S.HI/c1-5-23-21(24-15-20-26-19(16-28-20)22(2,3)4)25-17-11-13-27(14-12-17)18-9-7-6-8-10-18;/h6-10,16-17H,5,11-15H2,1-4H3,(H2,23,24,25);1H. The van der Waals surface area contributed by atoms with E-state index < -0.39 is 0 Å². The summed E-state index contributed by atoms with van der Waals surface area (Å²) in [5.74, 6) is 0.896. The van der Waals surface area contributed by atoms with Gasteiger partial charge >= 0.3 is 0 Å². The van der Waals surface area contributed by atoms with Gasteiger partial charge in [0.1, 0.15) is 5.01 Å². The first-order valence-corrected chi connectivity index (χ1v) is 11.1. The highest BCUT2D eigenvalue weighted by Crippen LogP contribution is 2.24. The second-order valence-corrected chi connectivity index (χ2v) is 9.26. The molecule has 7 heteroatoms. The maximum Gasteiger partial charge on any atom is 0.191 e. The maximum atomic E-state index is 4.78. The van der Waals surface area contributed by atoms with Crippen LogP contribution in [0.2, 0.25) is 0 Å². The minimum atomic E-state index is 0. The molecule has 2 N–H and O–H groups in total. The number of benzene rings is 1. The zero-order valence-corrected chi connectivity index (χ0v) is 21.1. The molecule has 2 heterocycles. The second kappa shape index (κ2) is 11.2. The number of piperidine rings is 1. The molecule has 160 valence electrons. The summed E-state index contributed by atoms with van der Waals surface area (Å²) in [4.78, 5) is 12.0. The number of halogens is 1. The van der Waals surface area contributed by atoms with E-state index >= 15 is 0 Å². The maximum absolute atomic E-state index is 4.78. The molecule has 1 aromatic heterocycles. The molecule has 0 bridgehead atoms. The molecule has 0 unspecified atom stereocenters. The lowest BCUT2D eigenvalue weighted by Gasteiger charge is -2.34. The molecular formula is C22H34IN5S. The molecule has 1 saturated heterocycles. The summed E-state index contributed by atoms with van der Waals surface area (Å²) in [5.41, 5.74) is 2.56. The quantitative estimate of drug-likeness (QED) is 0.334. The largest absolute Gasteiger partial charge is 0.371 e. The predicted molar refractivity (Wildman–Crippen MR) is 136 cm³/mol. The normalized spacial score (nSPS) is 15.7. The Labute approximate surface area is 196 Å². The smallest absolute Gasteiger partial charge is 0.191 e. The summed E-state index contributed by atoms with van der Waals surface area (Å²) < 4.78 is 0. The molecule has 3 rings (SSSR count). The predicted octanol–water partition coefficient (Wildman–Crippen LogP) is 4.78. The number of nitrogens with zero attached hydrogens (tertiary/aromatic N) is 3. The van der Waals surface area contributed by atoms with Crippen LogP contribution in [-0.4, -0.2) is 36.6 Å². The summed E-state index contributed by atoms with van der Waals surface area (Å²) in [6, 6.07) is 11.1. The Morgan fingerprint density at radius 2 is 1.90 bits per heavy atom. The average Bonchev–Trinajstić information content (AvgIpc) is 3.17. The van der Waals surface area contributed by atoms with E-state index in [4.69, 9.17) is 9.98 Å². The summed E-state index contributed by atoms with van der Waals surface area (Å²) in [6.45, 7) is 12.3. The SMILES string of the molecule is CCNC(=NCc1nc(C(C)(C)C)cs1)NC1CCN(c2ccccc2)CC1.I. The van der Waals surface area contributed by atoms with Crippen molar-refractivity contribution in [2.45, 2.75) is 58.5 Å². The fraction of sp³-hybridized carbons (Fsp3) is 0.545. The number of hydrogen-bond acceptors (Lipinski definition) is 4. The van der Waals surface area contributed by atoms with Crippen LogP contribution in [-0.2, 0) is 12.0 Å². The van der Waals surface area contributed by atoms with Crippen molar-refractivity contribution in [3.63, 3.8) is 0 Å². The van der Waals surface area contributed by atoms with Gasteiger partial charge in [0, 0.05) is 42.2 Å². The molecule has 1 aromatic carbocycles. The number of thiazole rings is 1. The summed E-state index contributed by atoms with van der Waals surface area (Å²) in [7, 11) is 0. The van der Waals surface area contributed by atoms with Gasteiger partial charge in [-0.3, -0.25) is 0 Å². The highest BCUT2D eigenvalue weighted by Gasteiger charge is 2.20. The Morgan fingerprint density at radius 3 is 2.48 bits per heavy atom. The Kier molecular flexibility index (Phi) is 9.20. The minimum Gasteiger partial charge on any atom is -0.371 e. The van der Waals surface area contributed by atoms with Crippen LogP contribution < -0.4 is 15.5 Å². The van der Waals surface area contributed by atoms with Crippen LogP contribution >= 0.6 is 35.3 Å². The summed E-state index contributed by atoms with van der Waals surface area (Å²) >= 11 is 1.70. The molecule has 5 nitrogen and oxygen atoms in total. The third-order valence-electron chi connectivity index (χ3n) is 4.99. The molecule has 0 saturated carbocycles. The van der Waals surface area contributed by atoms with Crippen LogP contribution in [0, 0.1) is 0 Å². The van der Waals surface area contributed by atoms with Gasteiger partial charge in [0.2, 0.25) is 0 Å². The highest BCUT2D eigenvalue weighted by molar-refractivity contribution is 14.0. The Balaban J connectivity index is 0.00000300. The fourth-order valence-electron chi connectivity index (χ4n) is 3.31. The summed E-state index contributed by atoms with van der Waals surface area (Å²) in [6.07, 6.45) is 2.23. The first kappa shape index (κ1) is 23.9. The number of nitrogens with one attached hydrogen (secondary N) is 2. The molecule has 0 atom stereocenters. The van der Waals surface area contributed by atoms with E-state index in [1.165, 1.54) is 5.69 Å². The lowest BCUT2D eigenvalue weighted by atomic mass is 9.93. The van der Waals surface area contributed by atoms with Gasteiger partial charge in [-0.1, -0.05) is 39.0 Å². The zero-order chi connectivity index (χ0) is 20.0. The van der Waals surface area contributed by atoms with E-state index in [0.717, 1.165) is 49.1 Å². The first-order chi connectivity index (χ1) is 13.5. The Hall–Kier alpha value is -1.35. The number of rotatable bonds is 5. The van der Waals surface area contributed by atoms with Gasteiger partial charge in [0.15, 0.2) is 5.96 Å².